The van der Waals surface area contributed by atoms with E-state index >= 15 is 0 Å². The van der Waals surface area contributed by atoms with E-state index < -0.39 is 29.7 Å². The van der Waals surface area contributed by atoms with Crippen LogP contribution >= 0.6 is 23.2 Å². The van der Waals surface area contributed by atoms with Crippen molar-refractivity contribution in [3.05, 3.63) is 71.8 Å². The highest BCUT2D eigenvalue weighted by molar-refractivity contribution is 6.64. The number of amides is 1. The van der Waals surface area contributed by atoms with Crippen molar-refractivity contribution >= 4 is 45.6 Å². The number of nitrogens with one attached hydrogen (secondary N) is 1. The molecule has 1 amide bonds. The summed E-state index contributed by atoms with van der Waals surface area (Å²) in [6.07, 6.45) is 0. The zero-order valence-corrected chi connectivity index (χ0v) is 27.5. The molecule has 0 bridgehead atoms. The highest BCUT2D eigenvalue weighted by Crippen LogP contribution is 2.01. The number of halogens is 2. The molecule has 0 spiro atoms. The summed E-state index contributed by atoms with van der Waals surface area (Å²) in [6.45, 7) is -0.154. The summed E-state index contributed by atoms with van der Waals surface area (Å²) in [5.74, 6) is -0.954. The molecular formula is C32H64Cl2N2O12. The fourth-order valence-electron chi connectivity index (χ4n) is 1.79. The third-order valence-electron chi connectivity index (χ3n) is 3.43. The number of carbonyl (C=O) groups is 4. The second-order valence-corrected chi connectivity index (χ2v) is 7.08. The number of likely N-dealkylation sites (N-methyl/N-ethyl adjacent to an activating group) is 1. The smallest absolute Gasteiger partial charge is 0.331 e. The van der Waals surface area contributed by atoms with E-state index in [0.29, 0.717) is 13.2 Å². The fourth-order valence-corrected chi connectivity index (χ4v) is 1.94. The molecular weight excluding hydrogens is 675 g/mol. The van der Waals surface area contributed by atoms with Gasteiger partial charge in [-0.05, 0) is 41.4 Å². The van der Waals surface area contributed by atoms with Crippen LogP contribution in [0.25, 0.3) is 0 Å². The number of hydrogen-bond donors (Lipinski definition) is 7. The first-order valence-corrected chi connectivity index (χ1v) is 13.0. The van der Waals surface area contributed by atoms with Gasteiger partial charge < -0.3 is 50.8 Å². The van der Waals surface area contributed by atoms with Crippen LogP contribution in [0.3, 0.4) is 0 Å². The molecule has 0 radical (unpaired) electrons. The Hall–Kier alpha value is -3.02. The fraction of sp³-hybridized carbons (Fsp3) is 0.500. The zero-order valence-electron chi connectivity index (χ0n) is 25.9. The normalized spacial score (nSPS) is 7.29. The molecule has 0 saturated carbocycles. The minimum absolute atomic E-state index is 0. The molecule has 0 atom stereocenters. The van der Waals surface area contributed by atoms with Crippen molar-refractivity contribution in [1.82, 2.24) is 5.32 Å². The maximum Gasteiger partial charge on any atom is 0.331 e. The quantitative estimate of drug-likeness (QED) is 0.137. The van der Waals surface area contributed by atoms with E-state index in [9.17, 15) is 19.2 Å². The number of benzene rings is 2. The Morgan fingerprint density at radius 1 is 0.646 bits per heavy atom. The summed E-state index contributed by atoms with van der Waals surface area (Å²) in [5, 5.41) is 38.1. The monoisotopic (exact) mass is 738 g/mol. The lowest BCUT2D eigenvalue weighted by atomic mass is 10.2. The number of carbonyl (C=O) groups excluding carboxylic acids is 4. The van der Waals surface area contributed by atoms with E-state index in [2.05, 4.69) is 15.8 Å². The average molecular weight is 740 g/mol. The van der Waals surface area contributed by atoms with Gasteiger partial charge in [0.1, 0.15) is 26.4 Å². The number of ether oxygens (including phenoxy) is 3. The molecule has 0 saturated heterocycles. The third-order valence-corrected chi connectivity index (χ3v) is 3.65. The van der Waals surface area contributed by atoms with Gasteiger partial charge in [-0.25, -0.2) is 4.79 Å². The second-order valence-electron chi connectivity index (χ2n) is 6.23. The number of aliphatic hydroxyl groups excluding tert-OH is 5. The molecule has 0 heterocycles. The molecule has 0 aliphatic rings. The minimum Gasteiger partial charge on any atom is -0.467 e. The van der Waals surface area contributed by atoms with Gasteiger partial charge in [0.05, 0.1) is 20.3 Å². The average Bonchev–Trinajstić information content (AvgIpc) is 3.09. The molecule has 0 unspecified atom stereocenters. The molecule has 288 valence electrons. The van der Waals surface area contributed by atoms with E-state index in [1.807, 2.05) is 60.7 Å². The molecule has 2 aromatic carbocycles. The summed E-state index contributed by atoms with van der Waals surface area (Å²) in [7, 11) is 7.19. The Morgan fingerprint density at radius 2 is 0.938 bits per heavy atom. The first-order valence-electron chi connectivity index (χ1n) is 12.2. The van der Waals surface area contributed by atoms with Crippen LogP contribution in [-0.2, 0) is 46.6 Å². The van der Waals surface area contributed by atoms with Gasteiger partial charge in [-0.2, -0.15) is 0 Å². The Morgan fingerprint density at radius 3 is 1.08 bits per heavy atom. The van der Waals surface area contributed by atoms with Crippen LogP contribution in [0.1, 0.15) is 40.8 Å². The Balaban J connectivity index is -0.0000000471. The van der Waals surface area contributed by atoms with Crippen molar-refractivity contribution in [1.29, 1.82) is 0 Å². The first-order chi connectivity index (χ1) is 21.2. The van der Waals surface area contributed by atoms with Crippen LogP contribution in [-0.4, -0.2) is 117 Å². The van der Waals surface area contributed by atoms with E-state index in [-0.39, 0.29) is 48.8 Å². The molecule has 2 rings (SSSR count). The molecule has 0 fully saturated rings. The van der Waals surface area contributed by atoms with E-state index in [1.54, 1.807) is 0 Å². The number of methoxy groups -OCH3 is 1. The number of aliphatic hydroxyl groups is 5. The van der Waals surface area contributed by atoms with Crippen molar-refractivity contribution in [3.8, 4) is 0 Å². The first kappa shape index (κ1) is 71.1. The van der Waals surface area contributed by atoms with Crippen LogP contribution in [0.5, 0.6) is 0 Å². The lowest BCUT2D eigenvalue weighted by molar-refractivity contribution is -0.143. The molecule has 0 aliphatic carbocycles. The summed E-state index contributed by atoms with van der Waals surface area (Å²) in [4.78, 5) is 40.1. The maximum absolute atomic E-state index is 10.3. The molecule has 48 heavy (non-hydrogen) atoms. The molecule has 0 aromatic heterocycles. The number of esters is 1. The van der Waals surface area contributed by atoms with Crippen molar-refractivity contribution in [2.45, 2.75) is 42.9 Å². The van der Waals surface area contributed by atoms with E-state index in [1.165, 1.54) is 21.2 Å². The SMILES string of the molecule is C.C.C.C.CN.CNC(=O)CO.CO.CO.CO.COC(=O)CO.O=C(Cl)COCc1ccccc1.O=C(Cl)COCc1ccccc1. The van der Waals surface area contributed by atoms with Crippen LogP contribution in [0.15, 0.2) is 60.7 Å². The topological polar surface area (TPSA) is 235 Å². The lowest BCUT2D eigenvalue weighted by Gasteiger charge is -1.99. The molecule has 8 N–H and O–H groups in total. The number of rotatable bonds is 10. The van der Waals surface area contributed by atoms with E-state index in [4.69, 9.17) is 58.2 Å². The van der Waals surface area contributed by atoms with Gasteiger partial charge in [-0.1, -0.05) is 90.4 Å². The largest absolute Gasteiger partial charge is 0.467 e. The van der Waals surface area contributed by atoms with Crippen LogP contribution < -0.4 is 11.1 Å². The minimum atomic E-state index is -0.602. The van der Waals surface area contributed by atoms with Gasteiger partial charge in [0.2, 0.25) is 16.4 Å². The van der Waals surface area contributed by atoms with Crippen molar-refractivity contribution in [2.24, 2.45) is 5.73 Å². The number of nitrogens with two attached hydrogens (primary N) is 1. The predicted molar refractivity (Wildman–Crippen MR) is 196 cm³/mol. The molecule has 14 nitrogen and oxygen atoms in total. The van der Waals surface area contributed by atoms with Gasteiger partial charge >= 0.3 is 5.97 Å². The van der Waals surface area contributed by atoms with Crippen LogP contribution in [0.4, 0.5) is 0 Å². The van der Waals surface area contributed by atoms with Crippen LogP contribution in [0.2, 0.25) is 0 Å². The second kappa shape index (κ2) is 66.4. The summed E-state index contributed by atoms with van der Waals surface area (Å²) >= 11 is 10.2. The van der Waals surface area contributed by atoms with Gasteiger partial charge in [-0.3, -0.25) is 14.4 Å². The van der Waals surface area contributed by atoms with Crippen molar-refractivity contribution in [2.75, 3.05) is 69.0 Å². The van der Waals surface area contributed by atoms with Crippen molar-refractivity contribution in [3.63, 3.8) is 0 Å². The van der Waals surface area contributed by atoms with E-state index in [0.717, 1.165) is 32.5 Å². The summed E-state index contributed by atoms with van der Waals surface area (Å²) in [5.41, 5.74) is 6.57. The molecule has 16 heteroatoms. The molecule has 0 aliphatic heterocycles. The predicted octanol–water partition coefficient (Wildman–Crippen LogP) is 2.76. The highest BCUT2D eigenvalue weighted by atomic mass is 35.5. The van der Waals surface area contributed by atoms with Gasteiger partial charge in [0, 0.05) is 28.4 Å². The third kappa shape index (κ3) is 69.6. The summed E-state index contributed by atoms with van der Waals surface area (Å²) < 4.78 is 14.0. The summed E-state index contributed by atoms with van der Waals surface area (Å²) in [6, 6.07) is 19.2. The van der Waals surface area contributed by atoms with Gasteiger partial charge in [0.25, 0.3) is 0 Å². The standard InChI is InChI=1S/2C9H9ClO2.C3H7NO2.C3H6O3.CH5N.3CH4O.4CH4/c2*10-9(11)7-12-6-8-4-2-1-3-5-8;1-4-3(6)2-5;1-6-3(5)2-4;4*1-2;;;;/h2*1-5H,6-7H2;5H,2H2,1H3,(H,4,6);4H,2H2,1H3;2H2,1H3;3*2H,1H3;4*1H4. The van der Waals surface area contributed by atoms with Crippen LogP contribution in [0, 0.1) is 0 Å². The maximum atomic E-state index is 10.3. The van der Waals surface area contributed by atoms with Gasteiger partial charge in [-0.15, -0.1) is 0 Å². The lowest BCUT2D eigenvalue weighted by Crippen LogP contribution is -2.20. The van der Waals surface area contributed by atoms with Crippen molar-refractivity contribution < 1.29 is 58.9 Å². The Kier molecular flexibility index (Phi) is 98.4. The van der Waals surface area contributed by atoms with Gasteiger partial charge in [0.15, 0.2) is 0 Å². The zero-order chi connectivity index (χ0) is 35.6. The Bertz CT molecular complexity index is 785. The number of hydrogen-bond acceptors (Lipinski definition) is 13. The highest BCUT2D eigenvalue weighted by Gasteiger charge is 1.96. The Labute approximate surface area is 298 Å². The molecule has 2 aromatic rings.